The summed E-state index contributed by atoms with van der Waals surface area (Å²) in [6.45, 7) is 26.9. The summed E-state index contributed by atoms with van der Waals surface area (Å²) in [4.78, 5) is 56.9. The van der Waals surface area contributed by atoms with Crippen molar-refractivity contribution in [2.24, 2.45) is 0 Å². The zero-order valence-electron chi connectivity index (χ0n) is 22.3. The van der Waals surface area contributed by atoms with Crippen LogP contribution in [0.25, 0.3) is 0 Å². The third-order valence-corrected chi connectivity index (χ3v) is 2.09. The van der Waals surface area contributed by atoms with Crippen LogP contribution in [-0.4, -0.2) is 35.8 Å². The van der Waals surface area contributed by atoms with Gasteiger partial charge in [-0.05, 0) is 75.0 Å². The molecule has 0 aromatic heterocycles. The number of hydrogen-bond acceptors (Lipinski definition) is 12. The van der Waals surface area contributed by atoms with E-state index in [9.17, 15) is 59.4 Å². The third-order valence-electron chi connectivity index (χ3n) is 2.09. The fourth-order valence-electron chi connectivity index (χ4n) is 0. The maximum atomic E-state index is 9.49. The predicted octanol–water partition coefficient (Wildman–Crippen LogP) is -4.05. The fraction of sp³-hybridized carbons (Fsp3) is 0.240. The van der Waals surface area contributed by atoms with Crippen LogP contribution in [0.3, 0.4) is 0 Å². The van der Waals surface area contributed by atoms with Crippen molar-refractivity contribution in [3.05, 3.63) is 80.3 Å². The van der Waals surface area contributed by atoms with E-state index < -0.39 is 35.8 Å². The zero-order valence-corrected chi connectivity index (χ0v) is 25.3. The van der Waals surface area contributed by atoms with Crippen molar-refractivity contribution in [3.8, 4) is 0 Å². The first-order chi connectivity index (χ1) is 15.9. The van der Waals surface area contributed by atoms with Crippen LogP contribution in [0.4, 0.5) is 0 Å². The number of aliphatic carboxylic acids is 6. The van der Waals surface area contributed by atoms with E-state index in [1.54, 1.807) is 0 Å². The van der Waals surface area contributed by atoms with E-state index in [0.29, 0.717) is 0 Å². The molecule has 204 valence electrons. The Bertz CT molecular complexity index is 623. The average molecular weight is 588 g/mol. The number of carbonyl (C=O) groups excluding carboxylic acids is 6. The van der Waals surface area contributed by atoms with Gasteiger partial charge in [0.25, 0.3) is 0 Å². The molecule has 0 saturated carbocycles. The summed E-state index contributed by atoms with van der Waals surface area (Å²) < 4.78 is 0. The Morgan fingerprint density at radius 3 is 0.368 bits per heavy atom. The predicted molar refractivity (Wildman–Crippen MR) is 122 cm³/mol. The Hall–Kier alpha value is -4.12. The Morgan fingerprint density at radius 1 is 0.342 bits per heavy atom. The summed E-state index contributed by atoms with van der Waals surface area (Å²) in [7, 11) is 0. The molecule has 0 fully saturated rings. The summed E-state index contributed by atoms with van der Waals surface area (Å²) in [6, 6.07) is 0. The van der Waals surface area contributed by atoms with Crippen molar-refractivity contribution in [2.75, 3.05) is 0 Å². The molecule has 0 spiro atoms. The van der Waals surface area contributed by atoms with Gasteiger partial charge < -0.3 is 59.4 Å². The van der Waals surface area contributed by atoms with Gasteiger partial charge in [-0.25, -0.2) is 0 Å². The molecule has 0 aliphatic carbocycles. The minimum absolute atomic E-state index is 0. The number of hydrogen-bond donors (Lipinski definition) is 0. The normalized spacial score (nSPS) is 7.11. The Morgan fingerprint density at radius 2 is 0.368 bits per heavy atom. The topological polar surface area (TPSA) is 241 Å². The zero-order chi connectivity index (χ0) is 30.9. The van der Waals surface area contributed by atoms with Crippen molar-refractivity contribution >= 4 is 35.8 Å². The van der Waals surface area contributed by atoms with E-state index in [1.165, 1.54) is 41.5 Å². The van der Waals surface area contributed by atoms with E-state index in [4.69, 9.17) is 0 Å². The van der Waals surface area contributed by atoms with Crippen molar-refractivity contribution in [2.45, 2.75) is 41.5 Å². The van der Waals surface area contributed by atoms with Gasteiger partial charge in [-0.15, -0.1) is 0 Å². The Kier molecular flexibility index (Phi) is 47.3. The monoisotopic (exact) mass is 586 g/mol. The number of carboxylic acid groups (broad SMARTS) is 6. The molecule has 0 amide bonds. The van der Waals surface area contributed by atoms with Gasteiger partial charge in [0.15, 0.2) is 0 Å². The van der Waals surface area contributed by atoms with Crippen molar-refractivity contribution in [1.82, 2.24) is 0 Å². The summed E-state index contributed by atoms with van der Waals surface area (Å²) in [5, 5.41) is 56.9. The van der Waals surface area contributed by atoms with Gasteiger partial charge in [-0.3, -0.25) is 0 Å². The molecule has 12 nitrogen and oxygen atoms in total. The second-order valence-corrected chi connectivity index (χ2v) is 6.41. The fourth-order valence-corrected chi connectivity index (χ4v) is 0. The molecule has 0 unspecified atom stereocenters. The SMILES string of the molecule is C=C(C)C(=O)[O-].C=C(C)C(=O)[O-].C=C(C)C(=O)[O-].C=C(C)C(=O)[O-].C=C(C)C(=O)[O-].C=C(C)C(=O)[O-].[C+4].[Zn+2]. The minimum Gasteiger partial charge on any atom is -0.545 e. The molecule has 0 aliphatic heterocycles. The maximum Gasteiger partial charge on any atom is 4.00 e. The van der Waals surface area contributed by atoms with Gasteiger partial charge >= 0.3 is 26.9 Å². The molecule has 0 atom stereocenters. The molecule has 0 radical (unpaired) electrons. The molecule has 0 aromatic rings. The summed E-state index contributed by atoms with van der Waals surface area (Å²) in [5.41, 5.74) is 0.389. The largest absolute Gasteiger partial charge is 4.00 e. The molecule has 0 N–H and O–H groups in total. The minimum atomic E-state index is -1.19. The van der Waals surface area contributed by atoms with Crippen molar-refractivity contribution < 1.29 is 78.9 Å². The third kappa shape index (κ3) is 76.9. The average Bonchev–Trinajstić information content (AvgIpc) is 2.69. The molecule has 38 heavy (non-hydrogen) atoms. The first-order valence-corrected chi connectivity index (χ1v) is 9.07. The molecular weight excluding hydrogens is 558 g/mol. The molecule has 0 bridgehead atoms. The summed E-state index contributed by atoms with van der Waals surface area (Å²) in [6.07, 6.45) is 0. The molecule has 0 aliphatic rings. The number of rotatable bonds is 6. The van der Waals surface area contributed by atoms with Crippen molar-refractivity contribution in [1.29, 1.82) is 0 Å². The molecule has 0 heterocycles. The quantitative estimate of drug-likeness (QED) is 0.213. The molecule has 13 heteroatoms. The van der Waals surface area contributed by atoms with Gasteiger partial charge in [0.1, 0.15) is 0 Å². The van der Waals surface area contributed by atoms with E-state index in [2.05, 4.69) is 39.5 Å². The first-order valence-electron chi connectivity index (χ1n) is 9.07. The van der Waals surface area contributed by atoms with Crippen molar-refractivity contribution in [3.63, 3.8) is 0 Å². The summed E-state index contributed by atoms with van der Waals surface area (Å²) in [5.74, 6) is -7.11. The van der Waals surface area contributed by atoms with Crippen LogP contribution in [0.5, 0.6) is 0 Å². The first kappa shape index (κ1) is 54.7. The second-order valence-electron chi connectivity index (χ2n) is 6.41. The van der Waals surface area contributed by atoms with E-state index >= 15 is 0 Å². The molecule has 0 rings (SSSR count). The van der Waals surface area contributed by atoms with Crippen LogP contribution in [-0.2, 0) is 48.2 Å². The van der Waals surface area contributed by atoms with Crippen LogP contribution in [0.1, 0.15) is 41.5 Å². The smallest absolute Gasteiger partial charge is 0.545 e. The Labute approximate surface area is 236 Å². The van der Waals surface area contributed by atoms with Gasteiger partial charge in [-0.1, -0.05) is 39.5 Å². The molecule has 0 aromatic carbocycles. The van der Waals surface area contributed by atoms with Crippen LogP contribution in [0.15, 0.2) is 72.9 Å². The van der Waals surface area contributed by atoms with Crippen LogP contribution >= 0.6 is 0 Å². The number of carboxylic acids is 6. The van der Waals surface area contributed by atoms with Crippen LogP contribution < -0.4 is 30.6 Å². The van der Waals surface area contributed by atoms with E-state index in [-0.39, 0.29) is 60.3 Å². The molecule has 0 saturated heterocycles. The van der Waals surface area contributed by atoms with E-state index in [1.807, 2.05) is 0 Å². The summed E-state index contributed by atoms with van der Waals surface area (Å²) >= 11 is 0. The van der Waals surface area contributed by atoms with Gasteiger partial charge in [0.05, 0.1) is 35.8 Å². The van der Waals surface area contributed by atoms with Gasteiger partial charge in [-0.2, -0.15) is 0 Å². The molecular formula is C25H30O12Zn. The van der Waals surface area contributed by atoms with E-state index in [0.717, 1.165) is 0 Å². The van der Waals surface area contributed by atoms with Gasteiger partial charge in [0, 0.05) is 0 Å². The van der Waals surface area contributed by atoms with Crippen LogP contribution in [0.2, 0.25) is 0 Å². The number of carbonyl (C=O) groups is 6. The van der Waals surface area contributed by atoms with Crippen LogP contribution in [0, 0.1) is 7.43 Å². The second kappa shape index (κ2) is 32.9. The van der Waals surface area contributed by atoms with Gasteiger partial charge in [0.2, 0.25) is 0 Å². The Balaban J connectivity index is -0.0000000469. The maximum absolute atomic E-state index is 9.49. The standard InChI is InChI=1S/6C4H6O2.C.Zn/c6*1-3(2)4(5)6;;/h6*1H2,2H3,(H,5,6);;/q;;;;;;+4;+2/p-6.